The fourth-order valence-electron chi connectivity index (χ4n) is 5.69. The Bertz CT molecular complexity index is 1360. The van der Waals surface area contributed by atoms with E-state index in [0.717, 1.165) is 99.1 Å². The highest BCUT2D eigenvalue weighted by Crippen LogP contribution is 2.36. The molecule has 0 amide bonds. The van der Waals surface area contributed by atoms with E-state index in [1.165, 1.54) is 22.4 Å². The molecule has 2 fully saturated rings. The number of piperidine rings is 1. The van der Waals surface area contributed by atoms with E-state index >= 15 is 0 Å². The average Bonchev–Trinajstić information content (AvgIpc) is 3.60. The molecule has 9 nitrogen and oxygen atoms in total. The van der Waals surface area contributed by atoms with Gasteiger partial charge in [-0.15, -0.1) is 11.3 Å². The SMILES string of the molecule is COCCCN(C)C1CCN(Cc2cc3nc(-c4cccc5[nH]ncc45)nc(N4CCOCC4)c3s2)CC1. The van der Waals surface area contributed by atoms with Gasteiger partial charge in [0.05, 0.1) is 35.1 Å². The van der Waals surface area contributed by atoms with Gasteiger partial charge >= 0.3 is 0 Å². The van der Waals surface area contributed by atoms with E-state index < -0.39 is 0 Å². The van der Waals surface area contributed by atoms with Crippen molar-refractivity contribution in [1.82, 2.24) is 30.0 Å². The van der Waals surface area contributed by atoms with Crippen LogP contribution in [-0.2, 0) is 16.0 Å². The molecule has 0 atom stereocenters. The molecule has 0 saturated carbocycles. The Balaban J connectivity index is 1.24. The molecular formula is C28H37N7O2S. The zero-order valence-corrected chi connectivity index (χ0v) is 23.2. The highest BCUT2D eigenvalue weighted by molar-refractivity contribution is 7.19. The maximum absolute atomic E-state index is 5.64. The molecule has 5 heterocycles. The molecule has 0 bridgehead atoms. The van der Waals surface area contributed by atoms with Gasteiger partial charge in [0.1, 0.15) is 0 Å². The van der Waals surface area contributed by atoms with Crippen LogP contribution >= 0.6 is 11.3 Å². The van der Waals surface area contributed by atoms with Crippen LogP contribution in [0.2, 0.25) is 0 Å². The molecule has 0 radical (unpaired) electrons. The van der Waals surface area contributed by atoms with Crippen LogP contribution < -0.4 is 4.90 Å². The number of rotatable bonds is 9. The number of H-pyrrole nitrogens is 1. The second-order valence-electron chi connectivity index (χ2n) is 10.4. The van der Waals surface area contributed by atoms with E-state index in [-0.39, 0.29) is 0 Å². The second-order valence-corrected chi connectivity index (χ2v) is 11.5. The number of ether oxygens (including phenoxy) is 2. The lowest BCUT2D eigenvalue weighted by Gasteiger charge is -2.36. The van der Waals surface area contributed by atoms with Gasteiger partial charge in [0.15, 0.2) is 11.6 Å². The molecule has 38 heavy (non-hydrogen) atoms. The van der Waals surface area contributed by atoms with Gasteiger partial charge in [-0.3, -0.25) is 10.00 Å². The summed E-state index contributed by atoms with van der Waals surface area (Å²) in [4.78, 5) is 19.1. The van der Waals surface area contributed by atoms with Gasteiger partial charge in [-0.2, -0.15) is 5.10 Å². The Morgan fingerprint density at radius 1 is 1.16 bits per heavy atom. The van der Waals surface area contributed by atoms with E-state index in [1.54, 1.807) is 7.11 Å². The molecule has 10 heteroatoms. The summed E-state index contributed by atoms with van der Waals surface area (Å²) < 4.78 is 12.0. The highest BCUT2D eigenvalue weighted by Gasteiger charge is 2.24. The molecule has 4 aromatic rings. The van der Waals surface area contributed by atoms with Crippen molar-refractivity contribution in [2.24, 2.45) is 0 Å². The molecule has 0 spiro atoms. The molecule has 0 aliphatic carbocycles. The molecule has 0 unspecified atom stereocenters. The van der Waals surface area contributed by atoms with Crippen molar-refractivity contribution in [2.75, 3.05) is 71.6 Å². The first kappa shape index (κ1) is 25.6. The van der Waals surface area contributed by atoms with Crippen LogP contribution in [0, 0.1) is 0 Å². The number of aromatic nitrogens is 4. The minimum Gasteiger partial charge on any atom is -0.385 e. The van der Waals surface area contributed by atoms with Crippen molar-refractivity contribution in [3.63, 3.8) is 0 Å². The van der Waals surface area contributed by atoms with Crippen LogP contribution in [0.1, 0.15) is 24.1 Å². The zero-order chi connectivity index (χ0) is 25.9. The van der Waals surface area contributed by atoms with Crippen LogP contribution in [0.25, 0.3) is 32.5 Å². The van der Waals surface area contributed by atoms with Gasteiger partial charge in [-0.05, 0) is 38.4 Å². The molecule has 2 aliphatic rings. The number of morpholine rings is 1. The smallest absolute Gasteiger partial charge is 0.162 e. The van der Waals surface area contributed by atoms with Crippen LogP contribution in [0.3, 0.4) is 0 Å². The lowest BCUT2D eigenvalue weighted by Crippen LogP contribution is -2.43. The Labute approximate surface area is 227 Å². The number of aromatic amines is 1. The average molecular weight is 536 g/mol. The number of hydrogen-bond acceptors (Lipinski definition) is 9. The van der Waals surface area contributed by atoms with E-state index in [9.17, 15) is 0 Å². The molecular weight excluding hydrogens is 498 g/mol. The second kappa shape index (κ2) is 11.6. The predicted octanol–water partition coefficient (Wildman–Crippen LogP) is 4.00. The summed E-state index contributed by atoms with van der Waals surface area (Å²) in [5.41, 5.74) is 3.04. The van der Waals surface area contributed by atoms with Gasteiger partial charge in [0, 0.05) is 74.9 Å². The number of thiophene rings is 1. The zero-order valence-electron chi connectivity index (χ0n) is 22.4. The van der Waals surface area contributed by atoms with Gasteiger partial charge in [0.25, 0.3) is 0 Å². The molecule has 6 rings (SSSR count). The first-order valence-electron chi connectivity index (χ1n) is 13.7. The highest BCUT2D eigenvalue weighted by atomic mass is 32.1. The number of anilines is 1. The normalized spacial score (nSPS) is 17.8. The molecule has 3 aromatic heterocycles. The summed E-state index contributed by atoms with van der Waals surface area (Å²) in [6, 6.07) is 9.11. The van der Waals surface area contributed by atoms with Crippen molar-refractivity contribution in [3.05, 3.63) is 35.3 Å². The van der Waals surface area contributed by atoms with Crippen LogP contribution in [0.4, 0.5) is 5.82 Å². The third kappa shape index (κ3) is 5.41. The van der Waals surface area contributed by atoms with Crippen molar-refractivity contribution in [2.45, 2.75) is 31.8 Å². The molecule has 1 N–H and O–H groups in total. The quantitative estimate of drug-likeness (QED) is 0.322. The summed E-state index contributed by atoms with van der Waals surface area (Å²) in [5, 5.41) is 8.37. The number of likely N-dealkylation sites (tertiary alicyclic amines) is 1. The Hall–Kier alpha value is -2.63. The third-order valence-corrected chi connectivity index (χ3v) is 8.97. The molecule has 2 aliphatic heterocycles. The lowest BCUT2D eigenvalue weighted by molar-refractivity contribution is 0.112. The Kier molecular flexibility index (Phi) is 7.85. The summed E-state index contributed by atoms with van der Waals surface area (Å²) in [5.74, 6) is 1.79. The van der Waals surface area contributed by atoms with E-state index in [2.05, 4.69) is 44.1 Å². The lowest BCUT2D eigenvalue weighted by atomic mass is 10.0. The predicted molar refractivity (Wildman–Crippen MR) is 153 cm³/mol. The number of benzene rings is 1. The van der Waals surface area contributed by atoms with Crippen molar-refractivity contribution >= 4 is 38.3 Å². The number of nitrogens with zero attached hydrogens (tertiary/aromatic N) is 6. The maximum atomic E-state index is 5.64. The summed E-state index contributed by atoms with van der Waals surface area (Å²) >= 11 is 1.85. The van der Waals surface area contributed by atoms with Crippen LogP contribution in [0.5, 0.6) is 0 Å². The number of fused-ring (bicyclic) bond motifs is 2. The monoisotopic (exact) mass is 535 g/mol. The van der Waals surface area contributed by atoms with Gasteiger partial charge in [-0.25, -0.2) is 9.97 Å². The first-order chi connectivity index (χ1) is 18.7. The molecule has 2 saturated heterocycles. The topological polar surface area (TPSA) is 82.6 Å². The van der Waals surface area contributed by atoms with Gasteiger partial charge in [0.2, 0.25) is 0 Å². The van der Waals surface area contributed by atoms with E-state index in [0.29, 0.717) is 6.04 Å². The standard InChI is InChI=1S/C28H37N7O2S/c1-33(9-4-14-36-2)20-7-10-34(11-8-20)19-21-17-25-26(38-21)28(35-12-15-37-16-13-35)31-27(30-25)22-5-3-6-24-23(22)18-29-32-24/h3,5-6,17-18,20H,4,7-16,19H2,1-2H3,(H,29,32). The Morgan fingerprint density at radius 3 is 2.82 bits per heavy atom. The largest absolute Gasteiger partial charge is 0.385 e. The Morgan fingerprint density at radius 2 is 2.00 bits per heavy atom. The van der Waals surface area contributed by atoms with Crippen molar-refractivity contribution in [3.8, 4) is 11.4 Å². The van der Waals surface area contributed by atoms with Crippen LogP contribution in [-0.4, -0.2) is 103 Å². The molecule has 1 aromatic carbocycles. The van der Waals surface area contributed by atoms with Crippen molar-refractivity contribution in [1.29, 1.82) is 0 Å². The molecule has 202 valence electrons. The number of methoxy groups -OCH3 is 1. The van der Waals surface area contributed by atoms with Crippen molar-refractivity contribution < 1.29 is 9.47 Å². The van der Waals surface area contributed by atoms with E-state index in [4.69, 9.17) is 19.4 Å². The fraction of sp³-hybridized carbons (Fsp3) is 0.536. The van der Waals surface area contributed by atoms with Crippen LogP contribution in [0.15, 0.2) is 30.5 Å². The summed E-state index contributed by atoms with van der Waals surface area (Å²) in [6.07, 6.45) is 5.39. The third-order valence-electron chi connectivity index (χ3n) is 7.86. The first-order valence-corrected chi connectivity index (χ1v) is 14.5. The fourth-order valence-corrected chi connectivity index (χ4v) is 6.85. The van der Waals surface area contributed by atoms with E-state index in [1.807, 2.05) is 29.7 Å². The number of nitrogens with one attached hydrogen (secondary N) is 1. The number of hydrogen-bond donors (Lipinski definition) is 1. The maximum Gasteiger partial charge on any atom is 0.162 e. The summed E-state index contributed by atoms with van der Waals surface area (Å²) in [6.45, 7) is 8.32. The van der Waals surface area contributed by atoms with Gasteiger partial charge in [-0.1, -0.05) is 12.1 Å². The summed E-state index contributed by atoms with van der Waals surface area (Å²) in [7, 11) is 4.04. The minimum absolute atomic E-state index is 0.664. The van der Waals surface area contributed by atoms with Gasteiger partial charge < -0.3 is 19.3 Å². The minimum atomic E-state index is 0.664.